The van der Waals surface area contributed by atoms with E-state index in [1.165, 1.54) is 91.5 Å². The summed E-state index contributed by atoms with van der Waals surface area (Å²) in [4.78, 5) is 4.74. The zero-order chi connectivity index (χ0) is 88.3. The molecule has 0 atom stereocenters. The van der Waals surface area contributed by atoms with Crippen molar-refractivity contribution >= 4 is 153 Å². The quantitative estimate of drug-likeness (QED) is 0.0911. The van der Waals surface area contributed by atoms with Gasteiger partial charge < -0.3 is 23.2 Å². The Bertz CT molecular complexity index is 9040. The molecule has 0 bridgehead atoms. The van der Waals surface area contributed by atoms with Gasteiger partial charge in [-0.15, -0.1) is 11.3 Å². The first-order valence-electron chi connectivity index (χ1n) is 45.8. The van der Waals surface area contributed by atoms with E-state index in [0.29, 0.717) is 0 Å². The molecule has 0 fully saturated rings. The van der Waals surface area contributed by atoms with Crippen LogP contribution >= 0.6 is 11.3 Å². The fourth-order valence-corrected chi connectivity index (χ4v) is 21.6. The number of thiophene rings is 1. The summed E-state index contributed by atoms with van der Waals surface area (Å²) in [5.41, 5.74) is 36.4. The van der Waals surface area contributed by atoms with Gasteiger partial charge in [0.05, 0.1) is 16.7 Å². The van der Waals surface area contributed by atoms with Crippen molar-refractivity contribution in [3.8, 4) is 117 Å². The van der Waals surface area contributed by atoms with Crippen LogP contribution in [0, 0.1) is 0 Å². The highest BCUT2D eigenvalue weighted by molar-refractivity contribution is 7.26. The zero-order valence-electron chi connectivity index (χ0n) is 72.8. The molecule has 5 nitrogen and oxygen atoms in total. The van der Waals surface area contributed by atoms with Crippen molar-refractivity contribution in [2.45, 2.75) is 0 Å². The second-order valence-electron chi connectivity index (χ2n) is 35.0. The number of hydrogen-bond donors (Lipinski definition) is 0. The number of aromatic nitrogens is 1. The molecule has 26 rings (SSSR count). The molecule has 0 unspecified atom stereocenters. The van der Waals surface area contributed by atoms with E-state index in [2.05, 4.69) is 494 Å². The molecule has 0 aliphatic rings. The third-order valence-corrected chi connectivity index (χ3v) is 28.4. The van der Waals surface area contributed by atoms with Crippen LogP contribution in [0.3, 0.4) is 0 Å². The maximum atomic E-state index is 6.91. The number of para-hydroxylation sites is 5. The molecular weight excluding hydrogens is 1640 g/mol. The molecule has 0 N–H and O–H groups in total. The number of hydrogen-bond acceptors (Lipinski definition) is 5. The van der Waals surface area contributed by atoms with Crippen molar-refractivity contribution < 1.29 is 8.83 Å². The van der Waals surface area contributed by atoms with Gasteiger partial charge in [0, 0.05) is 97.7 Å². The lowest BCUT2D eigenvalue weighted by atomic mass is 9.95. The Hall–Kier alpha value is -17.4. The minimum atomic E-state index is 0.851. The van der Waals surface area contributed by atoms with Gasteiger partial charge in [0.1, 0.15) is 22.3 Å². The maximum absolute atomic E-state index is 6.91. The number of furan rings is 2. The van der Waals surface area contributed by atoms with E-state index in [0.717, 1.165) is 167 Å². The zero-order valence-corrected chi connectivity index (χ0v) is 73.6. The van der Waals surface area contributed by atoms with Gasteiger partial charge in [-0.1, -0.05) is 328 Å². The lowest BCUT2D eigenvalue weighted by Crippen LogP contribution is -2.09. The second-order valence-corrected chi connectivity index (χ2v) is 36.1. The summed E-state index contributed by atoms with van der Waals surface area (Å²) >= 11 is 1.86. The first kappa shape index (κ1) is 77.7. The molecule has 0 saturated carbocycles. The average Bonchev–Trinajstić information content (AvgIpc) is 1.61. The summed E-state index contributed by atoms with van der Waals surface area (Å²) in [6.07, 6.45) is 0. The predicted octanol–water partition coefficient (Wildman–Crippen LogP) is 36.9. The van der Waals surface area contributed by atoms with Gasteiger partial charge in [0.15, 0.2) is 0 Å². The van der Waals surface area contributed by atoms with E-state index < -0.39 is 0 Å². The third-order valence-electron chi connectivity index (χ3n) is 27.2. The van der Waals surface area contributed by atoms with Crippen LogP contribution in [-0.4, -0.2) is 4.57 Å². The number of nitrogens with zero attached hydrogens (tertiary/aromatic N) is 3. The highest BCUT2D eigenvalue weighted by Gasteiger charge is 2.23. The molecule has 0 saturated heterocycles. The van der Waals surface area contributed by atoms with E-state index in [4.69, 9.17) is 8.83 Å². The van der Waals surface area contributed by atoms with Crippen LogP contribution in [-0.2, 0) is 0 Å². The standard InChI is InChI=1S/C128H81N3O2S/c1-2-18-91-77-96(42-39-82(91)17-1)94-21-13-19-92(75-94)85-49-63-104(64-50-85)129(103-61-47-84(48-62-103)83-37-40-89(41-38-83)109-23-3-8-31-119(109)131-120-32-9-4-24-112(120)113-25-5-10-33-121(113)131)106-69-55-88(56-70-106)101-60-74-124-118(81-101)115-30-15-29-111(128(115)133-124)102-46-45-98-78-97(43-44-99(98)79-102)95-22-14-20-93(76-95)86-51-65-105(66-52-86)130(107-67-53-87(54-68-107)100-59-73-123-117(80-100)114-26-6-11-34-122(114)132-123)108-71-57-90(58-72-108)110-28-16-36-126-127(110)116-27-7-12-35-125(116)134-126/h1-81H. The molecular formula is C128H81N3O2S. The Kier molecular flexibility index (Phi) is 18.8. The monoisotopic (exact) mass is 1720 g/mol. The van der Waals surface area contributed by atoms with Gasteiger partial charge in [-0.05, 0) is 285 Å². The minimum Gasteiger partial charge on any atom is -0.456 e. The molecule has 4 heterocycles. The Morgan fingerprint density at radius 1 is 0.179 bits per heavy atom. The van der Waals surface area contributed by atoms with Crippen molar-refractivity contribution in [2.24, 2.45) is 0 Å². The van der Waals surface area contributed by atoms with Gasteiger partial charge >= 0.3 is 0 Å². The van der Waals surface area contributed by atoms with Crippen molar-refractivity contribution in [3.05, 3.63) is 491 Å². The smallest absolute Gasteiger partial charge is 0.143 e. The summed E-state index contributed by atoms with van der Waals surface area (Å²) in [6.45, 7) is 0. The number of benzene rings is 22. The predicted molar refractivity (Wildman–Crippen MR) is 567 cm³/mol. The van der Waals surface area contributed by atoms with Crippen LogP contribution in [0.4, 0.5) is 34.1 Å². The Balaban J connectivity index is 0.475. The van der Waals surface area contributed by atoms with E-state index in [-0.39, 0.29) is 0 Å². The Morgan fingerprint density at radius 3 is 1.07 bits per heavy atom. The summed E-state index contributed by atoms with van der Waals surface area (Å²) in [5, 5.41) is 14.3. The molecule has 22 aromatic carbocycles. The summed E-state index contributed by atoms with van der Waals surface area (Å²) in [7, 11) is 0. The molecule has 0 amide bonds. The fourth-order valence-electron chi connectivity index (χ4n) is 20.5. The molecule has 4 aromatic heterocycles. The molecule has 0 spiro atoms. The van der Waals surface area contributed by atoms with Crippen molar-refractivity contribution in [2.75, 3.05) is 9.80 Å². The first-order chi connectivity index (χ1) is 66.3. The first-order valence-corrected chi connectivity index (χ1v) is 46.6. The molecule has 6 heteroatoms. The van der Waals surface area contributed by atoms with E-state index in [1.807, 2.05) is 23.5 Å². The van der Waals surface area contributed by atoms with Crippen LogP contribution in [0.5, 0.6) is 0 Å². The number of fused-ring (bicyclic) bond motifs is 14. The van der Waals surface area contributed by atoms with Gasteiger partial charge in [0.25, 0.3) is 0 Å². The van der Waals surface area contributed by atoms with E-state index in [1.54, 1.807) is 0 Å². The Morgan fingerprint density at radius 2 is 0.507 bits per heavy atom. The molecule has 26 aromatic rings. The van der Waals surface area contributed by atoms with Crippen LogP contribution in [0.2, 0.25) is 0 Å². The van der Waals surface area contributed by atoms with Crippen molar-refractivity contribution in [3.63, 3.8) is 0 Å². The van der Waals surface area contributed by atoms with Crippen molar-refractivity contribution in [1.29, 1.82) is 0 Å². The van der Waals surface area contributed by atoms with Gasteiger partial charge in [0.2, 0.25) is 0 Å². The van der Waals surface area contributed by atoms with Crippen LogP contribution in [0.15, 0.2) is 500 Å². The maximum Gasteiger partial charge on any atom is 0.143 e. The number of rotatable bonds is 17. The normalized spacial score (nSPS) is 11.7. The lowest BCUT2D eigenvalue weighted by molar-refractivity contribution is 0.669. The van der Waals surface area contributed by atoms with Crippen molar-refractivity contribution in [1.82, 2.24) is 4.57 Å². The lowest BCUT2D eigenvalue weighted by Gasteiger charge is -2.26. The highest BCUT2D eigenvalue weighted by atomic mass is 32.1. The summed E-state index contributed by atoms with van der Waals surface area (Å²) in [6, 6.07) is 180. The molecule has 134 heavy (non-hydrogen) atoms. The summed E-state index contributed by atoms with van der Waals surface area (Å²) < 4.78 is 18.1. The molecule has 0 radical (unpaired) electrons. The molecule has 0 aliphatic heterocycles. The van der Waals surface area contributed by atoms with Gasteiger partial charge in [-0.3, -0.25) is 0 Å². The van der Waals surface area contributed by atoms with Crippen LogP contribution in [0.1, 0.15) is 0 Å². The summed E-state index contributed by atoms with van der Waals surface area (Å²) in [5.74, 6) is 0. The molecule has 0 aliphatic carbocycles. The Labute approximate surface area is 778 Å². The van der Waals surface area contributed by atoms with Crippen LogP contribution < -0.4 is 9.80 Å². The second kappa shape index (κ2) is 32.3. The third kappa shape index (κ3) is 13.8. The average molecular weight is 1730 g/mol. The number of anilines is 6. The topological polar surface area (TPSA) is 37.7 Å². The van der Waals surface area contributed by atoms with E-state index >= 15 is 0 Å². The van der Waals surface area contributed by atoms with E-state index in [9.17, 15) is 0 Å². The van der Waals surface area contributed by atoms with Gasteiger partial charge in [-0.25, -0.2) is 0 Å². The SMILES string of the molecule is c1cc(-c2ccc(N(c3ccc(-c4ccc(-c5ccccc5-n5c6ccccc6c6ccccc65)cc4)cc3)c3ccc(-c4ccc5oc6c(-c7ccc8cc(-c9cccc(-c%10ccc(N(c%11ccc(-c%12ccc%13oc%14ccccc%14c%13c%12)cc%11)c%11ccc(-c%12cccc%13sc%14ccccc%14c%12%13)cc%11)cc%10)c9)ccc8c7)cccc6c5c4)cc3)cc2)cc(-c2ccc3ccccc3c2)c1. The van der Waals surface area contributed by atoms with Crippen LogP contribution in [0.25, 0.3) is 224 Å². The minimum absolute atomic E-state index is 0.851. The van der Waals surface area contributed by atoms with Gasteiger partial charge in [-0.2, -0.15) is 0 Å². The molecule has 626 valence electrons. The fraction of sp³-hybridized carbons (Fsp3) is 0. The largest absolute Gasteiger partial charge is 0.456 e. The highest BCUT2D eigenvalue weighted by Crippen LogP contribution is 2.48.